The third-order valence-electron chi connectivity index (χ3n) is 4.26. The van der Waals surface area contributed by atoms with E-state index in [1.807, 2.05) is 7.05 Å². The van der Waals surface area contributed by atoms with E-state index in [-0.39, 0.29) is 5.54 Å². The smallest absolute Gasteiger partial charge is 0.0413 e. The van der Waals surface area contributed by atoms with Gasteiger partial charge in [0.05, 0.1) is 0 Å². The fraction of sp³-hybridized carbons (Fsp3) is 0.625. The Balaban J connectivity index is 2.26. The number of benzene rings is 1. The first-order chi connectivity index (χ1) is 8.94. The quantitative estimate of drug-likeness (QED) is 0.900. The number of anilines is 1. The van der Waals surface area contributed by atoms with E-state index in [1.165, 1.54) is 16.8 Å². The van der Waals surface area contributed by atoms with Crippen LogP contribution in [0.5, 0.6) is 0 Å². The molecule has 1 heterocycles. The average Bonchev–Trinajstić information content (AvgIpc) is 2.33. The van der Waals surface area contributed by atoms with Gasteiger partial charge >= 0.3 is 0 Å². The van der Waals surface area contributed by atoms with E-state index in [0.29, 0.717) is 0 Å². The SMILES string of the molecule is CNCc1cc(C)ccc1N1CCN(C)C(C)(C)C1. The first-order valence-corrected chi connectivity index (χ1v) is 7.14. The van der Waals surface area contributed by atoms with Gasteiger partial charge in [0.1, 0.15) is 0 Å². The van der Waals surface area contributed by atoms with Crippen LogP contribution in [0.25, 0.3) is 0 Å². The molecule has 0 saturated carbocycles. The fourth-order valence-electron chi connectivity index (χ4n) is 2.80. The summed E-state index contributed by atoms with van der Waals surface area (Å²) in [4.78, 5) is 4.99. The standard InChI is InChI=1S/C16H27N3/c1-13-6-7-15(14(10-13)11-17-4)19-9-8-18(5)16(2,3)12-19/h6-7,10,17H,8-9,11-12H2,1-5H3. The van der Waals surface area contributed by atoms with Gasteiger partial charge in [-0.2, -0.15) is 0 Å². The van der Waals surface area contributed by atoms with Gasteiger partial charge in [-0.1, -0.05) is 17.7 Å². The fourth-order valence-corrected chi connectivity index (χ4v) is 2.80. The van der Waals surface area contributed by atoms with E-state index in [2.05, 4.69) is 61.1 Å². The summed E-state index contributed by atoms with van der Waals surface area (Å²) >= 11 is 0. The number of piperazine rings is 1. The van der Waals surface area contributed by atoms with Gasteiger partial charge in [0, 0.05) is 37.4 Å². The molecule has 19 heavy (non-hydrogen) atoms. The molecule has 0 aliphatic carbocycles. The summed E-state index contributed by atoms with van der Waals surface area (Å²) in [6.45, 7) is 11.1. The summed E-state index contributed by atoms with van der Waals surface area (Å²) in [6, 6.07) is 6.81. The van der Waals surface area contributed by atoms with Gasteiger partial charge in [-0.05, 0) is 46.5 Å². The van der Waals surface area contributed by atoms with Crippen LogP contribution in [0.3, 0.4) is 0 Å². The molecule has 3 nitrogen and oxygen atoms in total. The van der Waals surface area contributed by atoms with Crippen molar-refractivity contribution in [2.24, 2.45) is 0 Å². The minimum Gasteiger partial charge on any atom is -0.368 e. The molecule has 0 amide bonds. The highest BCUT2D eigenvalue weighted by molar-refractivity contribution is 5.55. The highest BCUT2D eigenvalue weighted by Gasteiger charge is 2.31. The van der Waals surface area contributed by atoms with Gasteiger partial charge in [-0.25, -0.2) is 0 Å². The van der Waals surface area contributed by atoms with Crippen molar-refractivity contribution in [2.75, 3.05) is 38.6 Å². The second-order valence-electron chi connectivity index (χ2n) is 6.32. The Kier molecular flexibility index (Phi) is 4.16. The summed E-state index contributed by atoms with van der Waals surface area (Å²) in [7, 11) is 4.24. The minimum atomic E-state index is 0.236. The van der Waals surface area contributed by atoms with Crippen molar-refractivity contribution in [3.05, 3.63) is 29.3 Å². The number of hydrogen-bond donors (Lipinski definition) is 1. The predicted molar refractivity (Wildman–Crippen MR) is 82.9 cm³/mol. The van der Waals surface area contributed by atoms with Crippen LogP contribution in [0.4, 0.5) is 5.69 Å². The molecule has 0 bridgehead atoms. The summed E-state index contributed by atoms with van der Waals surface area (Å²) in [6.07, 6.45) is 0. The Hall–Kier alpha value is -1.06. The van der Waals surface area contributed by atoms with Crippen LogP contribution >= 0.6 is 0 Å². The Morgan fingerprint density at radius 1 is 1.26 bits per heavy atom. The lowest BCUT2D eigenvalue weighted by molar-refractivity contribution is 0.139. The third-order valence-corrected chi connectivity index (χ3v) is 4.26. The Morgan fingerprint density at radius 3 is 2.63 bits per heavy atom. The van der Waals surface area contributed by atoms with E-state index in [4.69, 9.17) is 0 Å². The van der Waals surface area contributed by atoms with Gasteiger partial charge < -0.3 is 10.2 Å². The largest absolute Gasteiger partial charge is 0.368 e. The Labute approximate surface area is 117 Å². The molecule has 3 heteroatoms. The Morgan fingerprint density at radius 2 is 2.00 bits per heavy atom. The maximum absolute atomic E-state index is 3.28. The molecule has 106 valence electrons. The molecule has 1 N–H and O–H groups in total. The van der Waals surface area contributed by atoms with E-state index in [1.54, 1.807) is 0 Å². The maximum Gasteiger partial charge on any atom is 0.0413 e. The molecule has 1 aromatic rings. The van der Waals surface area contributed by atoms with Crippen molar-refractivity contribution < 1.29 is 0 Å². The van der Waals surface area contributed by atoms with Gasteiger partial charge in [0.15, 0.2) is 0 Å². The number of likely N-dealkylation sites (N-methyl/N-ethyl adjacent to an activating group) is 1. The number of nitrogens with one attached hydrogen (secondary N) is 1. The normalized spacial score (nSPS) is 19.7. The summed E-state index contributed by atoms with van der Waals surface area (Å²) in [5.74, 6) is 0. The van der Waals surface area contributed by atoms with E-state index < -0.39 is 0 Å². The lowest BCUT2D eigenvalue weighted by Gasteiger charge is -2.46. The number of hydrogen-bond acceptors (Lipinski definition) is 3. The average molecular weight is 261 g/mol. The van der Waals surface area contributed by atoms with Crippen LogP contribution in [-0.2, 0) is 6.54 Å². The van der Waals surface area contributed by atoms with Gasteiger partial charge in [0.2, 0.25) is 0 Å². The molecule has 1 saturated heterocycles. The number of aryl methyl sites for hydroxylation is 1. The maximum atomic E-state index is 3.28. The zero-order chi connectivity index (χ0) is 14.0. The molecule has 0 aromatic heterocycles. The van der Waals surface area contributed by atoms with Crippen molar-refractivity contribution in [3.8, 4) is 0 Å². The first-order valence-electron chi connectivity index (χ1n) is 7.14. The lowest BCUT2D eigenvalue weighted by Crippen LogP contribution is -2.57. The summed E-state index contributed by atoms with van der Waals surface area (Å²) < 4.78 is 0. The van der Waals surface area contributed by atoms with Crippen LogP contribution in [0.2, 0.25) is 0 Å². The minimum absolute atomic E-state index is 0.236. The lowest BCUT2D eigenvalue weighted by atomic mass is 9.98. The molecule has 0 radical (unpaired) electrons. The molecule has 1 aliphatic heterocycles. The molecule has 1 aromatic carbocycles. The second kappa shape index (κ2) is 5.51. The van der Waals surface area contributed by atoms with Gasteiger partial charge in [0.25, 0.3) is 0 Å². The zero-order valence-corrected chi connectivity index (χ0v) is 13.0. The van der Waals surface area contributed by atoms with Crippen molar-refractivity contribution in [1.29, 1.82) is 0 Å². The highest BCUT2D eigenvalue weighted by Crippen LogP contribution is 2.28. The first kappa shape index (κ1) is 14.4. The Bertz CT molecular complexity index is 440. The number of nitrogens with zero attached hydrogens (tertiary/aromatic N) is 2. The van der Waals surface area contributed by atoms with Crippen molar-refractivity contribution in [2.45, 2.75) is 32.9 Å². The predicted octanol–water partition coefficient (Wildman–Crippen LogP) is 2.24. The summed E-state index contributed by atoms with van der Waals surface area (Å²) in [5.41, 5.74) is 4.37. The molecular weight excluding hydrogens is 234 g/mol. The van der Waals surface area contributed by atoms with E-state index in [0.717, 1.165) is 26.2 Å². The van der Waals surface area contributed by atoms with Crippen molar-refractivity contribution in [3.63, 3.8) is 0 Å². The van der Waals surface area contributed by atoms with E-state index in [9.17, 15) is 0 Å². The van der Waals surface area contributed by atoms with Gasteiger partial charge in [-0.3, -0.25) is 4.90 Å². The van der Waals surface area contributed by atoms with Crippen LogP contribution in [0.15, 0.2) is 18.2 Å². The van der Waals surface area contributed by atoms with Crippen molar-refractivity contribution in [1.82, 2.24) is 10.2 Å². The summed E-state index contributed by atoms with van der Waals surface area (Å²) in [5, 5.41) is 3.28. The van der Waals surface area contributed by atoms with Crippen LogP contribution in [-0.4, -0.2) is 44.2 Å². The topological polar surface area (TPSA) is 18.5 Å². The highest BCUT2D eigenvalue weighted by atomic mass is 15.3. The van der Waals surface area contributed by atoms with Crippen LogP contribution < -0.4 is 10.2 Å². The molecular formula is C16H27N3. The zero-order valence-electron chi connectivity index (χ0n) is 13.0. The molecule has 0 atom stereocenters. The van der Waals surface area contributed by atoms with Gasteiger partial charge in [-0.15, -0.1) is 0 Å². The van der Waals surface area contributed by atoms with Crippen LogP contribution in [0.1, 0.15) is 25.0 Å². The second-order valence-corrected chi connectivity index (χ2v) is 6.32. The third kappa shape index (κ3) is 3.10. The molecule has 1 aliphatic rings. The molecule has 0 spiro atoms. The van der Waals surface area contributed by atoms with E-state index >= 15 is 0 Å². The molecule has 1 fully saturated rings. The molecule has 0 unspecified atom stereocenters. The van der Waals surface area contributed by atoms with Crippen LogP contribution in [0, 0.1) is 6.92 Å². The molecule has 2 rings (SSSR count). The number of rotatable bonds is 3. The van der Waals surface area contributed by atoms with Crippen molar-refractivity contribution >= 4 is 5.69 Å². The monoisotopic (exact) mass is 261 g/mol.